The third-order valence-corrected chi connectivity index (χ3v) is 2.78. The van der Waals surface area contributed by atoms with Gasteiger partial charge < -0.3 is 30.9 Å². The van der Waals surface area contributed by atoms with Crippen molar-refractivity contribution < 1.29 is 30.0 Å². The van der Waals surface area contributed by atoms with E-state index in [-0.39, 0.29) is 6.42 Å². The minimum absolute atomic E-state index is 0.0365. The average Bonchev–Trinajstić information content (AvgIpc) is 2.30. The van der Waals surface area contributed by atoms with E-state index >= 15 is 0 Å². The molecule has 0 radical (unpaired) electrons. The number of rotatable bonds is 3. The van der Waals surface area contributed by atoms with Crippen LogP contribution in [-0.2, 0) is 9.53 Å². The van der Waals surface area contributed by atoms with Gasteiger partial charge in [0.25, 0.3) is 0 Å². The second-order valence-electron chi connectivity index (χ2n) is 3.82. The Labute approximate surface area is 92.4 Å². The van der Waals surface area contributed by atoms with Crippen molar-refractivity contribution in [3.05, 3.63) is 0 Å². The molecule has 1 heterocycles. The topological polar surface area (TPSA) is 133 Å². The van der Waals surface area contributed by atoms with Crippen molar-refractivity contribution in [1.82, 2.24) is 0 Å². The van der Waals surface area contributed by atoms with Gasteiger partial charge in [0.2, 0.25) is 5.79 Å². The van der Waals surface area contributed by atoms with Gasteiger partial charge in [0.15, 0.2) is 5.78 Å². The molecule has 0 saturated carbocycles. The number of hydrogen-bond acceptors (Lipinski definition) is 7. The molecule has 1 unspecified atom stereocenters. The van der Waals surface area contributed by atoms with Gasteiger partial charge >= 0.3 is 0 Å². The summed E-state index contributed by atoms with van der Waals surface area (Å²) in [5.74, 6) is -3.06. The number of aliphatic hydroxyl groups excluding tert-OH is 3. The first-order chi connectivity index (χ1) is 7.38. The summed E-state index contributed by atoms with van der Waals surface area (Å²) >= 11 is 0. The van der Waals surface area contributed by atoms with Crippen molar-refractivity contribution in [3.8, 4) is 0 Å². The standard InChI is InChI=1S/C9H17NO6/c1-2-5(12)9(15)8(10)7(14)6(13)4(3-11)16-9/h4,6-8,11,13-15H,2-3,10H2,1H3/t4-,6-,7+,8-,9?/m1/s1. The lowest BCUT2D eigenvalue weighted by molar-refractivity contribution is -0.297. The van der Waals surface area contributed by atoms with E-state index < -0.39 is 42.5 Å². The molecule has 0 bridgehead atoms. The van der Waals surface area contributed by atoms with Crippen molar-refractivity contribution in [2.45, 2.75) is 43.5 Å². The van der Waals surface area contributed by atoms with Crippen molar-refractivity contribution in [2.75, 3.05) is 6.61 Å². The summed E-state index contributed by atoms with van der Waals surface area (Å²) in [7, 11) is 0. The molecule has 1 fully saturated rings. The molecular formula is C9H17NO6. The molecule has 0 aromatic heterocycles. The van der Waals surface area contributed by atoms with Crippen LogP contribution in [0.15, 0.2) is 0 Å². The second-order valence-corrected chi connectivity index (χ2v) is 3.82. The number of Topliss-reactive ketones (excluding diaryl/α,β-unsaturated/α-hetero) is 1. The molecule has 7 heteroatoms. The molecular weight excluding hydrogens is 218 g/mol. The average molecular weight is 235 g/mol. The van der Waals surface area contributed by atoms with Crippen LogP contribution in [0.4, 0.5) is 0 Å². The highest BCUT2D eigenvalue weighted by molar-refractivity contribution is 5.86. The van der Waals surface area contributed by atoms with E-state index in [1.165, 1.54) is 6.92 Å². The van der Waals surface area contributed by atoms with Crippen molar-refractivity contribution in [3.63, 3.8) is 0 Å². The number of ether oxygens (including phenoxy) is 1. The highest BCUT2D eigenvalue weighted by Crippen LogP contribution is 2.28. The van der Waals surface area contributed by atoms with Gasteiger partial charge in [-0.25, -0.2) is 0 Å². The quantitative estimate of drug-likeness (QED) is 0.354. The minimum Gasteiger partial charge on any atom is -0.394 e. The molecule has 1 saturated heterocycles. The Morgan fingerprint density at radius 3 is 2.44 bits per heavy atom. The maximum Gasteiger partial charge on any atom is 0.245 e. The first-order valence-corrected chi connectivity index (χ1v) is 5.04. The van der Waals surface area contributed by atoms with E-state index in [0.29, 0.717) is 0 Å². The zero-order valence-corrected chi connectivity index (χ0v) is 8.91. The van der Waals surface area contributed by atoms with Gasteiger partial charge in [-0.1, -0.05) is 6.92 Å². The number of aliphatic hydroxyl groups is 4. The van der Waals surface area contributed by atoms with Crippen molar-refractivity contribution in [2.24, 2.45) is 5.73 Å². The van der Waals surface area contributed by atoms with E-state index in [0.717, 1.165) is 0 Å². The summed E-state index contributed by atoms with van der Waals surface area (Å²) in [6.45, 7) is 0.867. The first kappa shape index (κ1) is 13.5. The summed E-state index contributed by atoms with van der Waals surface area (Å²) in [6.07, 6.45) is -4.25. The molecule has 0 aliphatic carbocycles. The maximum absolute atomic E-state index is 11.5. The fourth-order valence-corrected chi connectivity index (χ4v) is 1.69. The number of nitrogens with two attached hydrogens (primary N) is 1. The monoisotopic (exact) mass is 235 g/mol. The summed E-state index contributed by atoms with van der Waals surface area (Å²) in [5.41, 5.74) is 5.45. The molecule has 6 N–H and O–H groups in total. The van der Waals surface area contributed by atoms with Gasteiger partial charge in [0, 0.05) is 6.42 Å². The second kappa shape index (κ2) is 4.74. The molecule has 1 aliphatic heterocycles. The lowest BCUT2D eigenvalue weighted by atomic mass is 9.88. The fraction of sp³-hybridized carbons (Fsp3) is 0.889. The largest absolute Gasteiger partial charge is 0.394 e. The van der Waals surface area contributed by atoms with Crippen LogP contribution in [0.2, 0.25) is 0 Å². The molecule has 0 aromatic rings. The minimum atomic E-state index is -2.36. The van der Waals surface area contributed by atoms with Crippen LogP contribution in [0.5, 0.6) is 0 Å². The number of hydrogen-bond donors (Lipinski definition) is 5. The predicted molar refractivity (Wildman–Crippen MR) is 52.2 cm³/mol. The van der Waals surface area contributed by atoms with Crippen LogP contribution in [-0.4, -0.2) is 63.0 Å². The zero-order chi connectivity index (χ0) is 12.5. The van der Waals surface area contributed by atoms with E-state index in [2.05, 4.69) is 0 Å². The lowest BCUT2D eigenvalue weighted by Crippen LogP contribution is -2.71. The first-order valence-electron chi connectivity index (χ1n) is 5.04. The van der Waals surface area contributed by atoms with E-state index in [9.17, 15) is 20.1 Å². The molecule has 1 rings (SSSR count). The van der Waals surface area contributed by atoms with Crippen molar-refractivity contribution in [1.29, 1.82) is 0 Å². The Kier molecular flexibility index (Phi) is 4.00. The molecule has 0 amide bonds. The van der Waals surface area contributed by atoms with E-state index in [4.69, 9.17) is 15.6 Å². The van der Waals surface area contributed by atoms with Crippen LogP contribution in [0.25, 0.3) is 0 Å². The molecule has 7 nitrogen and oxygen atoms in total. The fourth-order valence-electron chi connectivity index (χ4n) is 1.69. The third kappa shape index (κ3) is 1.97. The Bertz CT molecular complexity index is 271. The van der Waals surface area contributed by atoms with Crippen LogP contribution in [0.1, 0.15) is 13.3 Å². The van der Waals surface area contributed by atoms with Crippen LogP contribution < -0.4 is 5.73 Å². The number of ketones is 1. The van der Waals surface area contributed by atoms with Gasteiger partial charge in [-0.2, -0.15) is 0 Å². The molecule has 0 spiro atoms. The van der Waals surface area contributed by atoms with Gasteiger partial charge in [-0.3, -0.25) is 4.79 Å². The highest BCUT2D eigenvalue weighted by atomic mass is 16.7. The van der Waals surface area contributed by atoms with Crippen molar-refractivity contribution >= 4 is 5.78 Å². The summed E-state index contributed by atoms with van der Waals surface area (Å²) in [5, 5.41) is 37.8. The zero-order valence-electron chi connectivity index (χ0n) is 8.91. The summed E-state index contributed by atoms with van der Waals surface area (Å²) in [6, 6.07) is -1.45. The van der Waals surface area contributed by atoms with Gasteiger partial charge in [0.1, 0.15) is 18.3 Å². The van der Waals surface area contributed by atoms with Gasteiger partial charge in [0.05, 0.1) is 12.6 Å². The Morgan fingerprint density at radius 1 is 1.44 bits per heavy atom. The Balaban J connectivity index is 2.98. The third-order valence-electron chi connectivity index (χ3n) is 2.78. The van der Waals surface area contributed by atoms with Crippen LogP contribution in [0, 0.1) is 0 Å². The van der Waals surface area contributed by atoms with E-state index in [1.54, 1.807) is 0 Å². The number of carbonyl (C=O) groups is 1. The van der Waals surface area contributed by atoms with Gasteiger partial charge in [-0.05, 0) is 0 Å². The van der Waals surface area contributed by atoms with Crippen LogP contribution in [0.3, 0.4) is 0 Å². The lowest BCUT2D eigenvalue weighted by Gasteiger charge is -2.45. The van der Waals surface area contributed by atoms with Crippen LogP contribution >= 0.6 is 0 Å². The Morgan fingerprint density at radius 2 is 2.00 bits per heavy atom. The molecule has 94 valence electrons. The molecule has 16 heavy (non-hydrogen) atoms. The molecule has 0 aromatic carbocycles. The summed E-state index contributed by atoms with van der Waals surface area (Å²) in [4.78, 5) is 11.5. The normalized spacial score (nSPS) is 44.4. The summed E-state index contributed by atoms with van der Waals surface area (Å²) < 4.78 is 4.89. The molecule has 5 atom stereocenters. The number of carbonyl (C=O) groups excluding carboxylic acids is 1. The highest BCUT2D eigenvalue weighted by Gasteiger charge is 2.54. The molecule has 1 aliphatic rings. The van der Waals surface area contributed by atoms with E-state index in [1.807, 2.05) is 0 Å². The van der Waals surface area contributed by atoms with Gasteiger partial charge in [-0.15, -0.1) is 0 Å². The smallest absolute Gasteiger partial charge is 0.245 e. The SMILES string of the molecule is CCC(=O)C1(O)O[C@H](CO)[C@@H](O)[C@H](O)[C@H]1N. The Hall–Kier alpha value is -0.570. The maximum atomic E-state index is 11.5. The predicted octanol–water partition coefficient (Wildman–Crippen LogP) is -2.91.